The van der Waals surface area contributed by atoms with E-state index in [1.807, 2.05) is 0 Å². The molecule has 0 aliphatic carbocycles. The summed E-state index contributed by atoms with van der Waals surface area (Å²) in [5.74, 6) is 0. The predicted octanol–water partition coefficient (Wildman–Crippen LogP) is 4.09. The van der Waals surface area contributed by atoms with E-state index in [0.717, 1.165) is 32.3 Å². The third-order valence-electron chi connectivity index (χ3n) is 2.41. The molecule has 3 nitrogen and oxygen atoms in total. The molecule has 1 unspecified atom stereocenters. The minimum Gasteiger partial charge on any atom is -0.308 e. The quantitative estimate of drug-likeness (QED) is 0.896. The van der Waals surface area contributed by atoms with Crippen LogP contribution in [0.25, 0.3) is 10.6 Å². The van der Waals surface area contributed by atoms with E-state index in [1.54, 1.807) is 22.7 Å². The predicted molar refractivity (Wildman–Crippen MR) is 77.6 cm³/mol. The molecule has 0 aromatic carbocycles. The second-order valence-electron chi connectivity index (χ2n) is 3.60. The van der Waals surface area contributed by atoms with E-state index < -0.39 is 0 Å². The molecule has 2 aromatic heterocycles. The van der Waals surface area contributed by atoms with Gasteiger partial charge in [-0.2, -0.15) is 0 Å². The van der Waals surface area contributed by atoms with Crippen LogP contribution in [0.1, 0.15) is 31.3 Å². The van der Waals surface area contributed by atoms with Crippen molar-refractivity contribution in [3.05, 3.63) is 20.2 Å². The SMILES string of the molecule is CCNC(CC)c1nnc(-c2csc(Br)c2)s1. The minimum atomic E-state index is 0.327. The van der Waals surface area contributed by atoms with Crippen molar-refractivity contribution in [2.75, 3.05) is 6.54 Å². The van der Waals surface area contributed by atoms with Gasteiger partial charge < -0.3 is 5.32 Å². The van der Waals surface area contributed by atoms with Crippen molar-refractivity contribution in [2.24, 2.45) is 0 Å². The molecule has 1 atom stereocenters. The third kappa shape index (κ3) is 3.13. The number of hydrogen-bond acceptors (Lipinski definition) is 5. The monoisotopic (exact) mass is 331 g/mol. The Morgan fingerprint density at radius 3 is 2.82 bits per heavy atom. The van der Waals surface area contributed by atoms with Crippen LogP contribution in [0.2, 0.25) is 0 Å². The highest BCUT2D eigenvalue weighted by Crippen LogP contribution is 2.32. The van der Waals surface area contributed by atoms with Crippen LogP contribution in [-0.2, 0) is 0 Å². The van der Waals surface area contributed by atoms with Gasteiger partial charge in [0.2, 0.25) is 0 Å². The molecule has 1 N–H and O–H groups in total. The molecular formula is C11H14BrN3S2. The smallest absolute Gasteiger partial charge is 0.148 e. The Morgan fingerprint density at radius 1 is 1.41 bits per heavy atom. The zero-order chi connectivity index (χ0) is 12.3. The lowest BCUT2D eigenvalue weighted by atomic mass is 10.2. The summed E-state index contributed by atoms with van der Waals surface area (Å²) in [6, 6.07) is 2.41. The number of aromatic nitrogens is 2. The molecule has 17 heavy (non-hydrogen) atoms. The van der Waals surface area contributed by atoms with Crippen LogP contribution in [0.15, 0.2) is 15.2 Å². The molecule has 0 amide bonds. The Morgan fingerprint density at radius 2 is 2.24 bits per heavy atom. The number of nitrogens with one attached hydrogen (secondary N) is 1. The van der Waals surface area contributed by atoms with Gasteiger partial charge in [0.25, 0.3) is 0 Å². The zero-order valence-corrected chi connectivity index (χ0v) is 13.0. The molecule has 0 saturated heterocycles. The Kier molecular flexibility index (Phi) is 4.67. The first-order valence-corrected chi connectivity index (χ1v) is 8.04. The lowest BCUT2D eigenvalue weighted by molar-refractivity contribution is 0.531. The van der Waals surface area contributed by atoms with Gasteiger partial charge in [0, 0.05) is 10.9 Å². The highest BCUT2D eigenvalue weighted by molar-refractivity contribution is 9.11. The first kappa shape index (κ1) is 13.1. The van der Waals surface area contributed by atoms with Crippen LogP contribution < -0.4 is 5.32 Å². The molecule has 0 fully saturated rings. The summed E-state index contributed by atoms with van der Waals surface area (Å²) >= 11 is 6.81. The molecule has 0 aliphatic heterocycles. The number of thiophene rings is 1. The third-order valence-corrected chi connectivity index (χ3v) is 5.00. The summed E-state index contributed by atoms with van der Waals surface area (Å²) < 4.78 is 1.13. The molecule has 2 heterocycles. The Hall–Kier alpha value is -0.300. The standard InChI is InChI=1S/C11H14BrN3S2/c1-3-8(13-4-2)11-15-14-10(17-11)7-5-9(12)16-6-7/h5-6,8,13H,3-4H2,1-2H3. The second-order valence-corrected chi connectivity index (χ2v) is 6.90. The maximum Gasteiger partial charge on any atom is 0.148 e. The molecule has 6 heteroatoms. The topological polar surface area (TPSA) is 37.8 Å². The maximum absolute atomic E-state index is 4.29. The summed E-state index contributed by atoms with van der Waals surface area (Å²) in [5.41, 5.74) is 1.15. The largest absolute Gasteiger partial charge is 0.308 e. The number of nitrogens with zero attached hydrogens (tertiary/aromatic N) is 2. The molecule has 0 bridgehead atoms. The van der Waals surface area contributed by atoms with E-state index in [4.69, 9.17) is 0 Å². The van der Waals surface area contributed by atoms with Gasteiger partial charge in [0.15, 0.2) is 0 Å². The summed E-state index contributed by atoms with van der Waals surface area (Å²) in [4.78, 5) is 0. The summed E-state index contributed by atoms with van der Waals surface area (Å²) in [6.07, 6.45) is 1.04. The molecule has 0 aliphatic rings. The summed E-state index contributed by atoms with van der Waals surface area (Å²) in [5, 5.41) is 16.1. The van der Waals surface area contributed by atoms with Crippen LogP contribution in [-0.4, -0.2) is 16.7 Å². The normalized spacial score (nSPS) is 12.9. The van der Waals surface area contributed by atoms with E-state index >= 15 is 0 Å². The van der Waals surface area contributed by atoms with Crippen LogP contribution >= 0.6 is 38.6 Å². The summed E-state index contributed by atoms with van der Waals surface area (Å²) in [6.45, 7) is 5.23. The molecule has 2 rings (SSSR count). The molecule has 0 radical (unpaired) electrons. The molecular weight excluding hydrogens is 318 g/mol. The molecule has 92 valence electrons. The van der Waals surface area contributed by atoms with E-state index in [0.29, 0.717) is 6.04 Å². The van der Waals surface area contributed by atoms with Crippen LogP contribution in [0.4, 0.5) is 0 Å². The Bertz CT molecular complexity index is 481. The highest BCUT2D eigenvalue weighted by atomic mass is 79.9. The molecule has 2 aromatic rings. The number of hydrogen-bond donors (Lipinski definition) is 1. The van der Waals surface area contributed by atoms with Gasteiger partial charge in [-0.3, -0.25) is 0 Å². The molecule has 0 saturated carbocycles. The van der Waals surface area contributed by atoms with E-state index in [1.165, 1.54) is 0 Å². The van der Waals surface area contributed by atoms with Crippen LogP contribution in [0.5, 0.6) is 0 Å². The Labute approximate surface area is 117 Å². The molecule has 0 spiro atoms. The van der Waals surface area contributed by atoms with Crippen LogP contribution in [0.3, 0.4) is 0 Å². The average molecular weight is 332 g/mol. The van der Waals surface area contributed by atoms with E-state index in [-0.39, 0.29) is 0 Å². The van der Waals surface area contributed by atoms with Crippen LogP contribution in [0, 0.1) is 0 Å². The van der Waals surface area contributed by atoms with Crippen molar-refractivity contribution in [3.8, 4) is 10.6 Å². The fraction of sp³-hybridized carbons (Fsp3) is 0.455. The van der Waals surface area contributed by atoms with Crippen molar-refractivity contribution in [2.45, 2.75) is 26.3 Å². The Balaban J connectivity index is 2.20. The van der Waals surface area contributed by atoms with Crippen molar-refractivity contribution < 1.29 is 0 Å². The van der Waals surface area contributed by atoms with Crippen molar-refractivity contribution in [1.82, 2.24) is 15.5 Å². The van der Waals surface area contributed by atoms with E-state index in [2.05, 4.69) is 56.7 Å². The van der Waals surface area contributed by atoms with Gasteiger partial charge in [-0.15, -0.1) is 21.5 Å². The lowest BCUT2D eigenvalue weighted by Gasteiger charge is -2.10. The first-order valence-electron chi connectivity index (χ1n) is 5.55. The van der Waals surface area contributed by atoms with Gasteiger partial charge in [0.1, 0.15) is 10.0 Å². The van der Waals surface area contributed by atoms with E-state index in [9.17, 15) is 0 Å². The minimum absolute atomic E-state index is 0.327. The van der Waals surface area contributed by atoms with Gasteiger partial charge in [-0.1, -0.05) is 25.2 Å². The second kappa shape index (κ2) is 6.04. The zero-order valence-electron chi connectivity index (χ0n) is 9.74. The van der Waals surface area contributed by atoms with Gasteiger partial charge in [0.05, 0.1) is 9.83 Å². The highest BCUT2D eigenvalue weighted by Gasteiger charge is 2.15. The van der Waals surface area contributed by atoms with Gasteiger partial charge in [-0.25, -0.2) is 0 Å². The fourth-order valence-corrected chi connectivity index (χ4v) is 3.77. The number of halogens is 1. The van der Waals surface area contributed by atoms with Gasteiger partial charge >= 0.3 is 0 Å². The lowest BCUT2D eigenvalue weighted by Crippen LogP contribution is -2.19. The number of rotatable bonds is 5. The average Bonchev–Trinajstić information content (AvgIpc) is 2.94. The summed E-state index contributed by atoms with van der Waals surface area (Å²) in [7, 11) is 0. The fourth-order valence-electron chi connectivity index (χ4n) is 1.57. The first-order chi connectivity index (χ1) is 8.24. The maximum atomic E-state index is 4.29. The van der Waals surface area contributed by atoms with Crippen molar-refractivity contribution in [1.29, 1.82) is 0 Å². The van der Waals surface area contributed by atoms with Crippen molar-refractivity contribution >= 4 is 38.6 Å². The van der Waals surface area contributed by atoms with Gasteiger partial charge in [-0.05, 0) is 35.0 Å². The van der Waals surface area contributed by atoms with Crippen molar-refractivity contribution in [3.63, 3.8) is 0 Å².